The zero-order valence-electron chi connectivity index (χ0n) is 12.6. The molecule has 126 valence electrons. The standard InChI is InChI=1S/C15H18BrFN2O3S/c16-14-2-1-11(17)9-13(14)15(20)19-6-4-18(5-7-19)12-3-8-23(21,22)10-12/h1-2,9,12H,3-8,10H2/p+1/t12-/m1/s1. The van der Waals surface area contributed by atoms with E-state index in [1.807, 2.05) is 0 Å². The third-order valence-electron chi connectivity index (χ3n) is 4.66. The van der Waals surface area contributed by atoms with Crippen molar-refractivity contribution in [2.75, 3.05) is 37.7 Å². The fraction of sp³-hybridized carbons (Fsp3) is 0.533. The Hall–Kier alpha value is -0.990. The fourth-order valence-electron chi connectivity index (χ4n) is 3.35. The van der Waals surface area contributed by atoms with Crippen LogP contribution in [0.25, 0.3) is 0 Å². The van der Waals surface area contributed by atoms with Crippen molar-refractivity contribution in [1.82, 2.24) is 4.90 Å². The zero-order valence-corrected chi connectivity index (χ0v) is 15.0. The number of nitrogens with zero attached hydrogens (tertiary/aromatic N) is 1. The molecule has 2 aliphatic heterocycles. The Kier molecular flexibility index (Phi) is 4.75. The van der Waals surface area contributed by atoms with Crippen molar-refractivity contribution in [2.24, 2.45) is 0 Å². The van der Waals surface area contributed by atoms with Crippen LogP contribution in [0.3, 0.4) is 0 Å². The molecule has 0 saturated carbocycles. The lowest BCUT2D eigenvalue weighted by Gasteiger charge is -2.35. The molecule has 0 radical (unpaired) electrons. The van der Waals surface area contributed by atoms with E-state index in [1.165, 1.54) is 23.1 Å². The van der Waals surface area contributed by atoms with Gasteiger partial charge >= 0.3 is 0 Å². The van der Waals surface area contributed by atoms with Crippen LogP contribution in [0, 0.1) is 5.82 Å². The van der Waals surface area contributed by atoms with E-state index in [0.29, 0.717) is 29.5 Å². The van der Waals surface area contributed by atoms with Crippen LogP contribution in [-0.2, 0) is 9.84 Å². The van der Waals surface area contributed by atoms with Crippen molar-refractivity contribution in [3.63, 3.8) is 0 Å². The number of hydrogen-bond donors (Lipinski definition) is 1. The number of benzene rings is 1. The molecule has 1 atom stereocenters. The number of sulfone groups is 1. The third-order valence-corrected chi connectivity index (χ3v) is 7.12. The molecule has 1 amide bonds. The molecule has 5 nitrogen and oxygen atoms in total. The van der Waals surface area contributed by atoms with E-state index in [2.05, 4.69) is 15.9 Å². The minimum Gasteiger partial charge on any atom is -0.329 e. The molecule has 2 aliphatic rings. The first kappa shape index (κ1) is 16.9. The van der Waals surface area contributed by atoms with Crippen LogP contribution in [0.4, 0.5) is 4.39 Å². The first-order chi connectivity index (χ1) is 10.9. The second kappa shape index (κ2) is 6.49. The van der Waals surface area contributed by atoms with Crippen molar-refractivity contribution in [3.8, 4) is 0 Å². The number of halogens is 2. The van der Waals surface area contributed by atoms with E-state index < -0.39 is 15.7 Å². The highest BCUT2D eigenvalue weighted by atomic mass is 79.9. The molecule has 0 spiro atoms. The van der Waals surface area contributed by atoms with Gasteiger partial charge in [-0.3, -0.25) is 4.79 Å². The summed E-state index contributed by atoms with van der Waals surface area (Å²) in [7, 11) is -2.88. The average molecular weight is 406 g/mol. The summed E-state index contributed by atoms with van der Waals surface area (Å²) >= 11 is 3.29. The zero-order chi connectivity index (χ0) is 16.6. The summed E-state index contributed by atoms with van der Waals surface area (Å²) in [6.07, 6.45) is 0.709. The predicted octanol–water partition coefficient (Wildman–Crippen LogP) is 0.116. The molecular weight excluding hydrogens is 387 g/mol. The fourth-order valence-corrected chi connectivity index (χ4v) is 5.60. The molecule has 1 aromatic carbocycles. The minimum absolute atomic E-state index is 0.151. The molecule has 2 heterocycles. The van der Waals surface area contributed by atoms with Gasteiger partial charge in [0, 0.05) is 10.9 Å². The van der Waals surface area contributed by atoms with Gasteiger partial charge in [-0.05, 0) is 34.1 Å². The Labute approximate surface area is 143 Å². The Morgan fingerprint density at radius 1 is 1.30 bits per heavy atom. The summed E-state index contributed by atoms with van der Waals surface area (Å²) in [5.41, 5.74) is 0.330. The van der Waals surface area contributed by atoms with Crippen molar-refractivity contribution in [1.29, 1.82) is 0 Å². The van der Waals surface area contributed by atoms with E-state index in [4.69, 9.17) is 0 Å². The van der Waals surface area contributed by atoms with Gasteiger partial charge in [0.05, 0.1) is 37.5 Å². The van der Waals surface area contributed by atoms with Gasteiger partial charge in [0.15, 0.2) is 9.84 Å². The van der Waals surface area contributed by atoms with Gasteiger partial charge < -0.3 is 9.80 Å². The molecule has 0 bridgehead atoms. The lowest BCUT2D eigenvalue weighted by atomic mass is 10.1. The van der Waals surface area contributed by atoms with E-state index in [9.17, 15) is 17.6 Å². The lowest BCUT2D eigenvalue weighted by molar-refractivity contribution is -0.925. The first-order valence-corrected chi connectivity index (χ1v) is 10.3. The summed E-state index contributed by atoms with van der Waals surface area (Å²) in [4.78, 5) is 15.5. The van der Waals surface area contributed by atoms with E-state index >= 15 is 0 Å². The molecule has 0 aromatic heterocycles. The second-order valence-corrected chi connectivity index (χ2v) is 9.26. The van der Waals surface area contributed by atoms with Crippen molar-refractivity contribution >= 4 is 31.7 Å². The smallest absolute Gasteiger partial charge is 0.255 e. The summed E-state index contributed by atoms with van der Waals surface area (Å²) in [6, 6.07) is 4.24. The summed E-state index contributed by atoms with van der Waals surface area (Å²) in [6.45, 7) is 2.60. The van der Waals surface area contributed by atoms with Crippen LogP contribution in [0.2, 0.25) is 0 Å². The van der Waals surface area contributed by atoms with Crippen LogP contribution in [0.1, 0.15) is 16.8 Å². The van der Waals surface area contributed by atoms with Crippen LogP contribution in [0.15, 0.2) is 22.7 Å². The normalized spacial score (nSPS) is 24.8. The molecule has 0 aliphatic carbocycles. The number of carbonyl (C=O) groups excluding carboxylic acids is 1. The maximum atomic E-state index is 13.4. The third kappa shape index (κ3) is 3.75. The Morgan fingerprint density at radius 3 is 2.61 bits per heavy atom. The van der Waals surface area contributed by atoms with Gasteiger partial charge in [-0.15, -0.1) is 0 Å². The van der Waals surface area contributed by atoms with E-state index in [-0.39, 0.29) is 23.5 Å². The first-order valence-electron chi connectivity index (χ1n) is 7.65. The minimum atomic E-state index is -2.88. The lowest BCUT2D eigenvalue weighted by Crippen LogP contribution is -3.18. The maximum absolute atomic E-state index is 13.4. The Balaban J connectivity index is 1.63. The van der Waals surface area contributed by atoms with Crippen molar-refractivity contribution < 1.29 is 22.5 Å². The molecule has 1 N–H and O–H groups in total. The number of rotatable bonds is 2. The molecule has 2 fully saturated rings. The number of hydrogen-bond acceptors (Lipinski definition) is 3. The summed E-state index contributed by atoms with van der Waals surface area (Å²) in [5, 5.41) is 0. The van der Waals surface area contributed by atoms with Crippen LogP contribution < -0.4 is 4.90 Å². The van der Waals surface area contributed by atoms with Gasteiger partial charge in [0.2, 0.25) is 0 Å². The highest BCUT2D eigenvalue weighted by Crippen LogP contribution is 2.20. The largest absolute Gasteiger partial charge is 0.329 e. The SMILES string of the molecule is O=C(c1cc(F)ccc1Br)N1CC[NH+]([C@@H]2CCS(=O)(=O)C2)CC1. The molecule has 3 rings (SSSR count). The average Bonchev–Trinajstić information content (AvgIpc) is 2.89. The highest BCUT2D eigenvalue weighted by Gasteiger charge is 2.37. The number of carbonyl (C=O) groups is 1. The monoisotopic (exact) mass is 405 g/mol. The number of quaternary nitrogens is 1. The number of amides is 1. The molecular formula is C15H19BrFN2O3S+. The predicted molar refractivity (Wildman–Crippen MR) is 87.8 cm³/mol. The van der Waals surface area contributed by atoms with Crippen molar-refractivity contribution in [3.05, 3.63) is 34.1 Å². The van der Waals surface area contributed by atoms with Gasteiger partial charge in [0.25, 0.3) is 5.91 Å². The van der Waals surface area contributed by atoms with Crippen LogP contribution >= 0.6 is 15.9 Å². The van der Waals surface area contributed by atoms with E-state index in [0.717, 1.165) is 13.1 Å². The second-order valence-electron chi connectivity index (χ2n) is 6.17. The van der Waals surface area contributed by atoms with Gasteiger partial charge in [0.1, 0.15) is 17.6 Å². The van der Waals surface area contributed by atoms with Crippen molar-refractivity contribution in [2.45, 2.75) is 12.5 Å². The summed E-state index contributed by atoms with van der Waals surface area (Å²) < 4.78 is 37.1. The maximum Gasteiger partial charge on any atom is 0.255 e. The number of nitrogens with one attached hydrogen (secondary N) is 1. The quantitative estimate of drug-likeness (QED) is 0.759. The highest BCUT2D eigenvalue weighted by molar-refractivity contribution is 9.10. The Bertz CT molecular complexity index is 717. The molecule has 0 unspecified atom stereocenters. The van der Waals surface area contributed by atoms with E-state index in [1.54, 1.807) is 4.90 Å². The van der Waals surface area contributed by atoms with Crippen LogP contribution in [0.5, 0.6) is 0 Å². The van der Waals surface area contributed by atoms with Gasteiger partial charge in [-0.1, -0.05) is 0 Å². The van der Waals surface area contributed by atoms with Crippen LogP contribution in [-0.4, -0.2) is 63.0 Å². The molecule has 2 saturated heterocycles. The van der Waals surface area contributed by atoms with Gasteiger partial charge in [-0.2, -0.15) is 0 Å². The molecule has 23 heavy (non-hydrogen) atoms. The Morgan fingerprint density at radius 2 is 2.00 bits per heavy atom. The number of piperazine rings is 1. The molecule has 1 aromatic rings. The summed E-state index contributed by atoms with van der Waals surface area (Å²) in [5.74, 6) is -0.0855. The molecule has 8 heteroatoms. The topological polar surface area (TPSA) is 58.9 Å². The van der Waals surface area contributed by atoms with Gasteiger partial charge in [-0.25, -0.2) is 12.8 Å².